The van der Waals surface area contributed by atoms with E-state index < -0.39 is 11.9 Å². The molecule has 2 rings (SSSR count). The molecule has 112 valence electrons. The number of rotatable bonds is 2. The van der Waals surface area contributed by atoms with Crippen LogP contribution in [0, 0.1) is 11.8 Å². The van der Waals surface area contributed by atoms with E-state index in [0.717, 1.165) is 0 Å². The van der Waals surface area contributed by atoms with Gasteiger partial charge in [-0.25, -0.2) is 4.79 Å². The zero-order valence-corrected chi connectivity index (χ0v) is 11.8. The number of piperidine rings is 1. The number of hydrogen-bond donors (Lipinski definition) is 2. The van der Waals surface area contributed by atoms with Gasteiger partial charge in [0.1, 0.15) is 0 Å². The van der Waals surface area contributed by atoms with Crippen LogP contribution in [-0.4, -0.2) is 65.5 Å². The van der Waals surface area contributed by atoms with E-state index in [1.54, 1.807) is 16.8 Å². The van der Waals surface area contributed by atoms with Crippen molar-refractivity contribution >= 4 is 17.9 Å². The SMILES string of the molecule is C[C@@H]1CN(C(=O)NC2CCC(=O)N(C)C2)C[C@H]1C(=O)O. The second-order valence-corrected chi connectivity index (χ2v) is 5.79. The lowest BCUT2D eigenvalue weighted by Gasteiger charge is -2.31. The quantitative estimate of drug-likeness (QED) is 0.744. The molecule has 0 saturated carbocycles. The number of nitrogens with one attached hydrogen (secondary N) is 1. The molecule has 3 amide bonds. The molecule has 0 aliphatic carbocycles. The Labute approximate surface area is 117 Å². The normalized spacial score (nSPS) is 30.5. The van der Waals surface area contributed by atoms with E-state index in [4.69, 9.17) is 5.11 Å². The van der Waals surface area contributed by atoms with Crippen molar-refractivity contribution < 1.29 is 19.5 Å². The highest BCUT2D eigenvalue weighted by Crippen LogP contribution is 2.23. The van der Waals surface area contributed by atoms with E-state index in [0.29, 0.717) is 25.9 Å². The minimum Gasteiger partial charge on any atom is -0.481 e. The summed E-state index contributed by atoms with van der Waals surface area (Å²) >= 11 is 0. The van der Waals surface area contributed by atoms with Gasteiger partial charge in [0.15, 0.2) is 0 Å². The first-order valence-corrected chi connectivity index (χ1v) is 6.90. The predicted octanol–water partition coefficient (Wildman–Crippen LogP) is -0.0307. The zero-order chi connectivity index (χ0) is 14.9. The summed E-state index contributed by atoms with van der Waals surface area (Å²) in [5, 5.41) is 12.0. The van der Waals surface area contributed by atoms with Crippen LogP contribution in [0.3, 0.4) is 0 Å². The fourth-order valence-corrected chi connectivity index (χ4v) is 2.85. The second kappa shape index (κ2) is 5.68. The van der Waals surface area contributed by atoms with E-state index in [9.17, 15) is 14.4 Å². The molecular formula is C13H21N3O4. The molecule has 0 aromatic carbocycles. The summed E-state index contributed by atoms with van der Waals surface area (Å²) in [4.78, 5) is 37.7. The first kappa shape index (κ1) is 14.6. The van der Waals surface area contributed by atoms with Crippen LogP contribution in [0.25, 0.3) is 0 Å². The predicted molar refractivity (Wildman–Crippen MR) is 71.1 cm³/mol. The standard InChI is InChI=1S/C13H21N3O4/c1-8-5-16(7-10(8)12(18)19)13(20)14-9-3-4-11(17)15(2)6-9/h8-10H,3-7H2,1-2H3,(H,14,20)(H,18,19)/t8-,9?,10-/m1/s1. The summed E-state index contributed by atoms with van der Waals surface area (Å²) in [7, 11) is 1.72. The minimum absolute atomic E-state index is 0.0335. The molecule has 0 bridgehead atoms. The van der Waals surface area contributed by atoms with Gasteiger partial charge in [-0.1, -0.05) is 6.92 Å². The average molecular weight is 283 g/mol. The summed E-state index contributed by atoms with van der Waals surface area (Å²) in [5.41, 5.74) is 0. The van der Waals surface area contributed by atoms with E-state index in [1.165, 1.54) is 0 Å². The highest BCUT2D eigenvalue weighted by atomic mass is 16.4. The van der Waals surface area contributed by atoms with Gasteiger partial charge in [-0.05, 0) is 12.3 Å². The molecule has 2 fully saturated rings. The Morgan fingerprint density at radius 3 is 2.55 bits per heavy atom. The largest absolute Gasteiger partial charge is 0.481 e. The number of hydrogen-bond acceptors (Lipinski definition) is 3. The van der Waals surface area contributed by atoms with E-state index in [1.807, 2.05) is 6.92 Å². The smallest absolute Gasteiger partial charge is 0.317 e. The van der Waals surface area contributed by atoms with Crippen molar-refractivity contribution in [2.45, 2.75) is 25.8 Å². The molecule has 3 atom stereocenters. The van der Waals surface area contributed by atoms with Crippen LogP contribution < -0.4 is 5.32 Å². The number of likely N-dealkylation sites (N-methyl/N-ethyl adjacent to an activating group) is 1. The zero-order valence-electron chi connectivity index (χ0n) is 11.8. The van der Waals surface area contributed by atoms with Crippen molar-refractivity contribution in [2.75, 3.05) is 26.7 Å². The van der Waals surface area contributed by atoms with Crippen LogP contribution in [0.5, 0.6) is 0 Å². The van der Waals surface area contributed by atoms with Crippen LogP contribution in [0.2, 0.25) is 0 Å². The molecule has 2 aliphatic heterocycles. The Morgan fingerprint density at radius 2 is 2.00 bits per heavy atom. The average Bonchev–Trinajstić information content (AvgIpc) is 2.76. The molecule has 20 heavy (non-hydrogen) atoms. The van der Waals surface area contributed by atoms with Crippen molar-refractivity contribution in [1.82, 2.24) is 15.1 Å². The highest BCUT2D eigenvalue weighted by Gasteiger charge is 2.37. The Balaban J connectivity index is 1.87. The van der Waals surface area contributed by atoms with Crippen LogP contribution in [-0.2, 0) is 9.59 Å². The number of carbonyl (C=O) groups excluding carboxylic acids is 2. The van der Waals surface area contributed by atoms with Gasteiger partial charge in [0, 0.05) is 39.1 Å². The number of amides is 3. The molecular weight excluding hydrogens is 262 g/mol. The van der Waals surface area contributed by atoms with Crippen molar-refractivity contribution in [2.24, 2.45) is 11.8 Å². The molecule has 2 heterocycles. The van der Waals surface area contributed by atoms with E-state index >= 15 is 0 Å². The van der Waals surface area contributed by atoms with Gasteiger partial charge in [0.05, 0.1) is 5.92 Å². The lowest BCUT2D eigenvalue weighted by Crippen LogP contribution is -2.51. The van der Waals surface area contributed by atoms with Gasteiger partial charge in [0.2, 0.25) is 5.91 Å². The lowest BCUT2D eigenvalue weighted by atomic mass is 9.99. The summed E-state index contributed by atoms with van der Waals surface area (Å²) in [6, 6.07) is -0.280. The van der Waals surface area contributed by atoms with Gasteiger partial charge >= 0.3 is 12.0 Å². The third-order valence-electron chi connectivity index (χ3n) is 4.17. The fraction of sp³-hybridized carbons (Fsp3) is 0.769. The summed E-state index contributed by atoms with van der Waals surface area (Å²) in [6.07, 6.45) is 1.08. The maximum atomic E-state index is 12.1. The Morgan fingerprint density at radius 1 is 1.30 bits per heavy atom. The van der Waals surface area contributed by atoms with Crippen molar-refractivity contribution in [3.63, 3.8) is 0 Å². The summed E-state index contributed by atoms with van der Waals surface area (Å²) in [5.74, 6) is -1.28. The Hall–Kier alpha value is -1.79. The number of carbonyl (C=O) groups is 3. The number of likely N-dealkylation sites (tertiary alicyclic amines) is 2. The number of carboxylic acids is 1. The second-order valence-electron chi connectivity index (χ2n) is 5.79. The molecule has 7 heteroatoms. The maximum absolute atomic E-state index is 12.1. The monoisotopic (exact) mass is 283 g/mol. The third kappa shape index (κ3) is 3.02. The first-order valence-electron chi connectivity index (χ1n) is 6.90. The minimum atomic E-state index is -0.851. The number of aliphatic carboxylic acids is 1. The van der Waals surface area contributed by atoms with Gasteiger partial charge in [-0.15, -0.1) is 0 Å². The molecule has 0 aromatic heterocycles. The third-order valence-corrected chi connectivity index (χ3v) is 4.17. The molecule has 0 spiro atoms. The van der Waals surface area contributed by atoms with E-state index in [-0.39, 0.29) is 30.4 Å². The number of urea groups is 1. The van der Waals surface area contributed by atoms with Crippen LogP contribution in [0.4, 0.5) is 4.79 Å². The molecule has 1 unspecified atom stereocenters. The van der Waals surface area contributed by atoms with Crippen molar-refractivity contribution in [3.05, 3.63) is 0 Å². The molecule has 7 nitrogen and oxygen atoms in total. The maximum Gasteiger partial charge on any atom is 0.317 e. The fourth-order valence-electron chi connectivity index (χ4n) is 2.85. The first-order chi connectivity index (χ1) is 9.38. The summed E-state index contributed by atoms with van der Waals surface area (Å²) < 4.78 is 0. The number of nitrogens with zero attached hydrogens (tertiary/aromatic N) is 2. The topological polar surface area (TPSA) is 90.0 Å². The Bertz CT molecular complexity index is 426. The molecule has 2 aliphatic rings. The van der Waals surface area contributed by atoms with Crippen molar-refractivity contribution in [1.29, 1.82) is 0 Å². The lowest BCUT2D eigenvalue weighted by molar-refractivity contribution is -0.142. The Kier molecular flexibility index (Phi) is 4.15. The molecule has 2 N–H and O–H groups in total. The summed E-state index contributed by atoms with van der Waals surface area (Å²) in [6.45, 7) is 3.07. The van der Waals surface area contributed by atoms with Gasteiger partial charge in [0.25, 0.3) is 0 Å². The van der Waals surface area contributed by atoms with Crippen LogP contribution in [0.1, 0.15) is 19.8 Å². The van der Waals surface area contributed by atoms with Gasteiger partial charge < -0.3 is 20.2 Å². The van der Waals surface area contributed by atoms with Crippen molar-refractivity contribution in [3.8, 4) is 0 Å². The van der Waals surface area contributed by atoms with E-state index in [2.05, 4.69) is 5.32 Å². The molecule has 0 radical (unpaired) electrons. The van der Waals surface area contributed by atoms with Crippen LogP contribution in [0.15, 0.2) is 0 Å². The number of carboxylic acid groups (broad SMARTS) is 1. The highest BCUT2D eigenvalue weighted by molar-refractivity contribution is 5.79. The van der Waals surface area contributed by atoms with Crippen LogP contribution >= 0.6 is 0 Å². The molecule has 0 aromatic rings. The van der Waals surface area contributed by atoms with Gasteiger partial charge in [-0.2, -0.15) is 0 Å². The molecule has 2 saturated heterocycles. The van der Waals surface area contributed by atoms with Gasteiger partial charge in [-0.3, -0.25) is 9.59 Å².